The number of nitriles is 1. The van der Waals surface area contributed by atoms with Crippen LogP contribution in [0.3, 0.4) is 0 Å². The number of halogens is 1. The molecule has 0 aliphatic carbocycles. The molecule has 2 N–H and O–H groups in total. The van der Waals surface area contributed by atoms with Gasteiger partial charge in [-0.05, 0) is 24.6 Å². The number of hydrogen-bond donors (Lipinski definition) is 1. The maximum absolute atomic E-state index is 8.59. The van der Waals surface area contributed by atoms with Crippen LogP contribution in [0.2, 0.25) is 0 Å². The highest BCUT2D eigenvalue weighted by Crippen LogP contribution is 2.22. The van der Waals surface area contributed by atoms with Crippen LogP contribution in [0.1, 0.15) is 11.1 Å². The molecule has 0 saturated carbocycles. The lowest BCUT2D eigenvalue weighted by Crippen LogP contribution is -1.91. The number of rotatable bonds is 0. The molecule has 0 unspecified atom stereocenters. The maximum atomic E-state index is 8.59. The van der Waals surface area contributed by atoms with E-state index in [0.717, 1.165) is 10.0 Å². The number of anilines is 1. The number of nitrogen functional groups attached to an aromatic ring is 1. The first-order valence-electron chi connectivity index (χ1n) is 3.11. The van der Waals surface area contributed by atoms with Gasteiger partial charge in [-0.25, -0.2) is 0 Å². The molecule has 0 bridgehead atoms. The minimum Gasteiger partial charge on any atom is -0.398 e. The molecular formula is C8H7BrN2. The Kier molecular flexibility index (Phi) is 2.16. The van der Waals surface area contributed by atoms with Crippen molar-refractivity contribution in [3.8, 4) is 6.07 Å². The molecule has 1 aromatic rings. The van der Waals surface area contributed by atoms with E-state index in [2.05, 4.69) is 15.9 Å². The van der Waals surface area contributed by atoms with Crippen LogP contribution < -0.4 is 5.73 Å². The van der Waals surface area contributed by atoms with Gasteiger partial charge in [0.2, 0.25) is 0 Å². The average molecular weight is 211 g/mol. The summed E-state index contributed by atoms with van der Waals surface area (Å²) in [5.74, 6) is 0. The second-order valence-electron chi connectivity index (χ2n) is 2.30. The highest BCUT2D eigenvalue weighted by atomic mass is 79.9. The Morgan fingerprint density at radius 1 is 1.55 bits per heavy atom. The van der Waals surface area contributed by atoms with E-state index in [1.807, 2.05) is 13.0 Å². The smallest absolute Gasteiger partial charge is 0.101 e. The van der Waals surface area contributed by atoms with Gasteiger partial charge in [0.05, 0.1) is 11.3 Å². The van der Waals surface area contributed by atoms with Gasteiger partial charge in [0, 0.05) is 4.47 Å². The molecule has 1 rings (SSSR count). The van der Waals surface area contributed by atoms with E-state index in [-0.39, 0.29) is 0 Å². The molecule has 0 spiro atoms. The second-order valence-corrected chi connectivity index (χ2v) is 3.15. The monoisotopic (exact) mass is 210 g/mol. The average Bonchev–Trinajstić information content (AvgIpc) is 1.97. The van der Waals surface area contributed by atoms with E-state index < -0.39 is 0 Å². The number of aryl methyl sites for hydroxylation is 1. The third-order valence-corrected chi connectivity index (χ3v) is 2.31. The lowest BCUT2D eigenvalue weighted by molar-refractivity contribution is 1.39. The van der Waals surface area contributed by atoms with Gasteiger partial charge < -0.3 is 5.73 Å². The van der Waals surface area contributed by atoms with Crippen LogP contribution in [0.5, 0.6) is 0 Å². The lowest BCUT2D eigenvalue weighted by atomic mass is 10.1. The summed E-state index contributed by atoms with van der Waals surface area (Å²) in [7, 11) is 0. The molecule has 0 atom stereocenters. The van der Waals surface area contributed by atoms with Crippen LogP contribution in [-0.2, 0) is 0 Å². The third kappa shape index (κ3) is 1.52. The topological polar surface area (TPSA) is 49.8 Å². The summed E-state index contributed by atoms with van der Waals surface area (Å²) in [6.45, 7) is 1.92. The van der Waals surface area contributed by atoms with Crippen LogP contribution in [-0.4, -0.2) is 0 Å². The van der Waals surface area contributed by atoms with E-state index in [4.69, 9.17) is 11.0 Å². The SMILES string of the molecule is Cc1cc(C#N)c(N)cc1Br. The number of benzene rings is 1. The van der Waals surface area contributed by atoms with Crippen LogP contribution >= 0.6 is 15.9 Å². The standard InChI is InChI=1S/C8H7BrN2/c1-5-2-6(4-10)8(11)3-7(5)9/h2-3H,11H2,1H3. The van der Waals surface area contributed by atoms with Gasteiger partial charge in [-0.15, -0.1) is 0 Å². The fourth-order valence-corrected chi connectivity index (χ4v) is 1.15. The van der Waals surface area contributed by atoms with E-state index in [1.165, 1.54) is 0 Å². The highest BCUT2D eigenvalue weighted by molar-refractivity contribution is 9.10. The minimum atomic E-state index is 0.518. The van der Waals surface area contributed by atoms with E-state index in [1.54, 1.807) is 12.1 Å². The van der Waals surface area contributed by atoms with E-state index in [0.29, 0.717) is 11.3 Å². The molecule has 0 aliphatic heterocycles. The Labute approximate surface area is 73.8 Å². The molecule has 3 heteroatoms. The zero-order valence-electron chi connectivity index (χ0n) is 6.06. The van der Waals surface area contributed by atoms with Gasteiger partial charge in [0.1, 0.15) is 6.07 Å². The van der Waals surface area contributed by atoms with Gasteiger partial charge in [-0.2, -0.15) is 5.26 Å². The molecule has 0 amide bonds. The Morgan fingerprint density at radius 3 is 2.73 bits per heavy atom. The first-order valence-corrected chi connectivity index (χ1v) is 3.90. The summed E-state index contributed by atoms with van der Waals surface area (Å²) in [6.07, 6.45) is 0. The summed E-state index contributed by atoms with van der Waals surface area (Å²) >= 11 is 3.32. The van der Waals surface area contributed by atoms with Crippen molar-refractivity contribution in [2.75, 3.05) is 5.73 Å². The molecule has 11 heavy (non-hydrogen) atoms. The number of nitrogens with two attached hydrogens (primary N) is 1. The normalized spacial score (nSPS) is 9.18. The molecule has 56 valence electrons. The first-order chi connectivity index (χ1) is 5.15. The molecule has 0 fully saturated rings. The molecule has 1 aromatic carbocycles. The largest absolute Gasteiger partial charge is 0.398 e. The first kappa shape index (κ1) is 8.09. The summed E-state index contributed by atoms with van der Waals surface area (Å²) in [4.78, 5) is 0. The zero-order chi connectivity index (χ0) is 8.43. The number of nitrogens with zero attached hydrogens (tertiary/aromatic N) is 1. The fraction of sp³-hybridized carbons (Fsp3) is 0.125. The molecule has 0 heterocycles. The van der Waals surface area contributed by atoms with Crippen molar-refractivity contribution in [2.24, 2.45) is 0 Å². The van der Waals surface area contributed by atoms with Gasteiger partial charge in [0.25, 0.3) is 0 Å². The molecule has 0 aromatic heterocycles. The van der Waals surface area contributed by atoms with Crippen LogP contribution in [0, 0.1) is 18.3 Å². The molecule has 0 radical (unpaired) electrons. The predicted octanol–water partition coefficient (Wildman–Crippen LogP) is 2.21. The zero-order valence-corrected chi connectivity index (χ0v) is 7.64. The predicted molar refractivity (Wildman–Crippen MR) is 48.0 cm³/mol. The lowest BCUT2D eigenvalue weighted by Gasteiger charge is -2.00. The van der Waals surface area contributed by atoms with Crippen molar-refractivity contribution in [3.63, 3.8) is 0 Å². The third-order valence-electron chi connectivity index (χ3n) is 1.45. The maximum Gasteiger partial charge on any atom is 0.101 e. The Morgan fingerprint density at radius 2 is 2.18 bits per heavy atom. The number of hydrogen-bond acceptors (Lipinski definition) is 2. The quantitative estimate of drug-likeness (QED) is 0.668. The Balaban J connectivity index is 3.35. The summed E-state index contributed by atoms with van der Waals surface area (Å²) < 4.78 is 0.939. The van der Waals surface area contributed by atoms with Crippen molar-refractivity contribution in [2.45, 2.75) is 6.92 Å². The van der Waals surface area contributed by atoms with Crippen LogP contribution in [0.4, 0.5) is 5.69 Å². The van der Waals surface area contributed by atoms with Crippen LogP contribution in [0.25, 0.3) is 0 Å². The van der Waals surface area contributed by atoms with Gasteiger partial charge in [0.15, 0.2) is 0 Å². The van der Waals surface area contributed by atoms with E-state index >= 15 is 0 Å². The summed E-state index contributed by atoms with van der Waals surface area (Å²) in [5, 5.41) is 8.59. The van der Waals surface area contributed by atoms with Crippen molar-refractivity contribution < 1.29 is 0 Å². The Hall–Kier alpha value is -1.01. The van der Waals surface area contributed by atoms with Gasteiger partial charge in [-0.1, -0.05) is 15.9 Å². The van der Waals surface area contributed by atoms with Crippen molar-refractivity contribution >= 4 is 21.6 Å². The minimum absolute atomic E-state index is 0.518. The van der Waals surface area contributed by atoms with Crippen molar-refractivity contribution in [1.29, 1.82) is 5.26 Å². The highest BCUT2D eigenvalue weighted by Gasteiger charge is 2.00. The molecule has 2 nitrogen and oxygen atoms in total. The van der Waals surface area contributed by atoms with Crippen molar-refractivity contribution in [3.05, 3.63) is 27.7 Å². The summed E-state index contributed by atoms with van der Waals surface area (Å²) in [5.41, 5.74) is 7.62. The second kappa shape index (κ2) is 2.93. The molecular weight excluding hydrogens is 204 g/mol. The molecule has 0 saturated heterocycles. The van der Waals surface area contributed by atoms with Gasteiger partial charge >= 0.3 is 0 Å². The fourth-order valence-electron chi connectivity index (χ4n) is 0.794. The van der Waals surface area contributed by atoms with Crippen molar-refractivity contribution in [1.82, 2.24) is 0 Å². The van der Waals surface area contributed by atoms with Gasteiger partial charge in [-0.3, -0.25) is 0 Å². The molecule has 0 aliphatic rings. The Bertz CT molecular complexity index is 326. The van der Waals surface area contributed by atoms with E-state index in [9.17, 15) is 0 Å². The summed E-state index contributed by atoms with van der Waals surface area (Å²) in [6, 6.07) is 5.52. The van der Waals surface area contributed by atoms with Crippen LogP contribution in [0.15, 0.2) is 16.6 Å².